The molecule has 1 aliphatic heterocycles. The maximum absolute atomic E-state index is 13.5. The second-order valence-corrected chi connectivity index (χ2v) is 7.91. The minimum Gasteiger partial charge on any atom is -0.450 e. The first-order valence-corrected chi connectivity index (χ1v) is 9.91. The maximum atomic E-state index is 13.5. The topological polar surface area (TPSA) is 63.4 Å². The number of aryl methyl sites for hydroxylation is 1. The van der Waals surface area contributed by atoms with Gasteiger partial charge in [-0.1, -0.05) is 45.8 Å². The van der Waals surface area contributed by atoms with E-state index in [9.17, 15) is 9.59 Å². The smallest absolute Gasteiger partial charge is 0.296 e. The van der Waals surface area contributed by atoms with Gasteiger partial charge in [-0.3, -0.25) is 14.5 Å². The molecule has 0 spiro atoms. The number of carbonyl (C=O) groups is 1. The van der Waals surface area contributed by atoms with Crippen molar-refractivity contribution in [3.8, 4) is 0 Å². The second-order valence-electron chi connectivity index (χ2n) is 6.99. The highest BCUT2D eigenvalue weighted by molar-refractivity contribution is 9.10. The molecule has 5 rings (SSSR count). The molecule has 0 saturated heterocycles. The van der Waals surface area contributed by atoms with Crippen molar-refractivity contribution in [2.24, 2.45) is 0 Å². The molecule has 0 aliphatic carbocycles. The van der Waals surface area contributed by atoms with E-state index in [-0.39, 0.29) is 17.1 Å². The van der Waals surface area contributed by atoms with E-state index >= 15 is 0 Å². The Balaban J connectivity index is 1.83. The fourth-order valence-corrected chi connectivity index (χ4v) is 4.04. The first-order valence-electron chi connectivity index (χ1n) is 9.12. The van der Waals surface area contributed by atoms with Crippen molar-refractivity contribution in [3.05, 3.63) is 104 Å². The van der Waals surface area contributed by atoms with E-state index in [0.717, 1.165) is 15.6 Å². The number of nitrogens with zero attached hydrogens (tertiary/aromatic N) is 2. The third kappa shape index (κ3) is 2.79. The first kappa shape index (κ1) is 17.8. The van der Waals surface area contributed by atoms with Gasteiger partial charge >= 0.3 is 0 Å². The van der Waals surface area contributed by atoms with Crippen LogP contribution in [-0.4, -0.2) is 10.9 Å². The van der Waals surface area contributed by atoms with Crippen molar-refractivity contribution in [3.63, 3.8) is 0 Å². The largest absolute Gasteiger partial charge is 0.450 e. The summed E-state index contributed by atoms with van der Waals surface area (Å²) in [4.78, 5) is 32.7. The molecular formula is C23H15BrN2O3. The summed E-state index contributed by atoms with van der Waals surface area (Å²) < 4.78 is 6.86. The molecule has 1 atom stereocenters. The highest BCUT2D eigenvalue weighted by atomic mass is 79.9. The number of anilines is 1. The van der Waals surface area contributed by atoms with Crippen LogP contribution < -0.4 is 10.3 Å². The lowest BCUT2D eigenvalue weighted by atomic mass is 9.98. The van der Waals surface area contributed by atoms with Crippen molar-refractivity contribution in [2.75, 3.05) is 4.90 Å². The van der Waals surface area contributed by atoms with E-state index in [1.807, 2.05) is 43.3 Å². The van der Waals surface area contributed by atoms with Crippen molar-refractivity contribution in [2.45, 2.75) is 13.0 Å². The number of hydrogen-bond acceptors (Lipinski definition) is 4. The second kappa shape index (κ2) is 6.67. The van der Waals surface area contributed by atoms with Crippen LogP contribution in [0.2, 0.25) is 0 Å². The zero-order valence-electron chi connectivity index (χ0n) is 15.4. The van der Waals surface area contributed by atoms with Gasteiger partial charge in [0.2, 0.25) is 5.76 Å². The minimum absolute atomic E-state index is 0.0740. The lowest BCUT2D eigenvalue weighted by Crippen LogP contribution is -2.30. The molecular weight excluding hydrogens is 432 g/mol. The number of halogens is 1. The van der Waals surface area contributed by atoms with Gasteiger partial charge in [0.1, 0.15) is 11.4 Å². The van der Waals surface area contributed by atoms with Crippen LogP contribution in [0.5, 0.6) is 0 Å². The highest BCUT2D eigenvalue weighted by Gasteiger charge is 2.44. The molecule has 0 unspecified atom stereocenters. The average molecular weight is 447 g/mol. The fraction of sp³-hybridized carbons (Fsp3) is 0.0870. The van der Waals surface area contributed by atoms with Gasteiger partial charge in [0, 0.05) is 10.7 Å². The number of aromatic nitrogens is 1. The third-order valence-corrected chi connectivity index (χ3v) is 5.64. The summed E-state index contributed by atoms with van der Waals surface area (Å²) in [7, 11) is 0. The van der Waals surface area contributed by atoms with Gasteiger partial charge in [-0.05, 0) is 48.9 Å². The van der Waals surface area contributed by atoms with Gasteiger partial charge in [0.25, 0.3) is 5.91 Å². The third-order valence-electron chi connectivity index (χ3n) is 5.11. The van der Waals surface area contributed by atoms with E-state index < -0.39 is 6.04 Å². The minimum atomic E-state index is -0.610. The van der Waals surface area contributed by atoms with Crippen LogP contribution in [0, 0.1) is 6.92 Å². The van der Waals surface area contributed by atoms with Crippen LogP contribution in [-0.2, 0) is 0 Å². The molecule has 2 aromatic carbocycles. The normalized spacial score (nSPS) is 15.7. The van der Waals surface area contributed by atoms with Crippen molar-refractivity contribution >= 4 is 38.6 Å². The summed E-state index contributed by atoms with van der Waals surface area (Å²) in [5.41, 5.74) is 2.33. The lowest BCUT2D eigenvalue weighted by molar-refractivity contribution is 0.0970. The van der Waals surface area contributed by atoms with Gasteiger partial charge in [-0.15, -0.1) is 0 Å². The SMILES string of the molecule is Cc1ccc2oc3c(c(=O)c2c1)[C@H](c1ccc(Br)cc1)N(c1ccccn1)C3=O. The Morgan fingerprint density at radius 1 is 1.03 bits per heavy atom. The summed E-state index contributed by atoms with van der Waals surface area (Å²) in [6, 6.07) is 17.7. The average Bonchev–Trinajstić information content (AvgIpc) is 3.03. The Bertz CT molecular complexity index is 1310. The van der Waals surface area contributed by atoms with Crippen molar-refractivity contribution in [1.82, 2.24) is 4.98 Å². The molecule has 0 fully saturated rings. The summed E-state index contributed by atoms with van der Waals surface area (Å²) in [6.07, 6.45) is 1.62. The molecule has 5 nitrogen and oxygen atoms in total. The van der Waals surface area contributed by atoms with E-state index in [2.05, 4.69) is 20.9 Å². The number of hydrogen-bond donors (Lipinski definition) is 0. The lowest BCUT2D eigenvalue weighted by Gasteiger charge is -2.24. The van der Waals surface area contributed by atoms with E-state index in [1.165, 1.54) is 4.90 Å². The fourth-order valence-electron chi connectivity index (χ4n) is 3.78. The zero-order valence-corrected chi connectivity index (χ0v) is 17.0. The monoisotopic (exact) mass is 446 g/mol. The molecule has 0 bridgehead atoms. The Kier molecular flexibility index (Phi) is 4.10. The Hall–Kier alpha value is -3.25. The molecule has 6 heteroatoms. The predicted molar refractivity (Wildman–Crippen MR) is 114 cm³/mol. The molecule has 0 saturated carbocycles. The van der Waals surface area contributed by atoms with Gasteiger partial charge in [0.15, 0.2) is 5.43 Å². The van der Waals surface area contributed by atoms with Crippen molar-refractivity contribution in [1.29, 1.82) is 0 Å². The Labute approximate surface area is 174 Å². The van der Waals surface area contributed by atoms with Crippen LogP contribution in [0.3, 0.4) is 0 Å². The molecule has 1 aliphatic rings. The van der Waals surface area contributed by atoms with Crippen LogP contribution in [0.4, 0.5) is 5.82 Å². The predicted octanol–water partition coefficient (Wildman–Crippen LogP) is 5.01. The Morgan fingerprint density at radius 2 is 1.83 bits per heavy atom. The summed E-state index contributed by atoms with van der Waals surface area (Å²) in [5.74, 6) is 0.174. The molecule has 3 heterocycles. The Morgan fingerprint density at radius 3 is 2.55 bits per heavy atom. The summed E-state index contributed by atoms with van der Waals surface area (Å²) in [6.45, 7) is 1.92. The van der Waals surface area contributed by atoms with Gasteiger partial charge in [0.05, 0.1) is 17.0 Å². The van der Waals surface area contributed by atoms with Gasteiger partial charge in [-0.25, -0.2) is 4.98 Å². The van der Waals surface area contributed by atoms with Gasteiger partial charge in [-0.2, -0.15) is 0 Å². The van der Waals surface area contributed by atoms with Crippen LogP contribution >= 0.6 is 15.9 Å². The number of benzene rings is 2. The molecule has 0 radical (unpaired) electrons. The molecule has 2 aromatic heterocycles. The van der Waals surface area contributed by atoms with E-state index in [1.54, 1.807) is 30.5 Å². The van der Waals surface area contributed by atoms with E-state index in [0.29, 0.717) is 22.4 Å². The number of carbonyl (C=O) groups excluding carboxylic acids is 1. The number of amides is 1. The molecule has 0 N–H and O–H groups in total. The molecule has 29 heavy (non-hydrogen) atoms. The number of rotatable bonds is 2. The summed E-state index contributed by atoms with van der Waals surface area (Å²) >= 11 is 3.44. The zero-order chi connectivity index (χ0) is 20.1. The van der Waals surface area contributed by atoms with Crippen LogP contribution in [0.15, 0.2) is 80.5 Å². The first-order chi connectivity index (χ1) is 14.0. The summed E-state index contributed by atoms with van der Waals surface area (Å²) in [5, 5.41) is 0.474. The van der Waals surface area contributed by atoms with Crippen LogP contribution in [0.25, 0.3) is 11.0 Å². The molecule has 1 amide bonds. The van der Waals surface area contributed by atoms with E-state index in [4.69, 9.17) is 4.42 Å². The van der Waals surface area contributed by atoms with Crippen molar-refractivity contribution < 1.29 is 9.21 Å². The number of fused-ring (bicyclic) bond motifs is 2. The quantitative estimate of drug-likeness (QED) is 0.434. The molecule has 4 aromatic rings. The van der Waals surface area contributed by atoms with Crippen LogP contribution in [0.1, 0.15) is 33.3 Å². The standard InChI is InChI=1S/C23H15BrN2O3/c1-13-5-10-17-16(12-13)21(27)19-20(14-6-8-15(24)9-7-14)26(23(28)22(19)29-17)18-4-2-3-11-25-18/h2-12,20H,1H3/t20-/m0/s1. The van der Waals surface area contributed by atoms with Gasteiger partial charge < -0.3 is 4.42 Å². The highest BCUT2D eigenvalue weighted by Crippen LogP contribution is 2.40. The molecule has 142 valence electrons. The number of pyridine rings is 1. The maximum Gasteiger partial charge on any atom is 0.296 e.